The van der Waals surface area contributed by atoms with E-state index in [1.807, 2.05) is 6.92 Å². The van der Waals surface area contributed by atoms with E-state index in [0.29, 0.717) is 0 Å². The molecule has 0 unspecified atom stereocenters. The molecule has 0 aliphatic rings. The topological polar surface area (TPSA) is 26.3 Å². The molecular weight excluding hydrogens is 183 g/mol. The smallest absolute Gasteiger partial charge is 0.338 e. The average molecular weight is 194 g/mol. The van der Waals surface area contributed by atoms with Crippen LogP contribution in [0, 0.1) is 5.82 Å². The fraction of sp³-hybridized carbons (Fsp3) is 0.182. The van der Waals surface area contributed by atoms with Gasteiger partial charge >= 0.3 is 5.97 Å². The first kappa shape index (κ1) is 10.4. The number of allylic oxidation sites excluding steroid dienone is 1. The maximum atomic E-state index is 12.7. The molecule has 0 radical (unpaired) electrons. The quantitative estimate of drug-likeness (QED) is 0.546. The highest BCUT2D eigenvalue weighted by Crippen LogP contribution is 2.04. The Balaban J connectivity index is 2.60. The molecule has 2 nitrogen and oxygen atoms in total. The summed E-state index contributed by atoms with van der Waals surface area (Å²) in [6.07, 6.45) is 3.48. The first-order chi connectivity index (χ1) is 6.74. The Hall–Kier alpha value is -1.64. The average Bonchev–Trinajstić information content (AvgIpc) is 2.18. The van der Waals surface area contributed by atoms with Crippen LogP contribution in [-0.2, 0) is 4.74 Å². The fourth-order valence-corrected chi connectivity index (χ4v) is 0.919. The van der Waals surface area contributed by atoms with Crippen LogP contribution >= 0.6 is 0 Å². The van der Waals surface area contributed by atoms with Crippen molar-refractivity contribution in [1.29, 1.82) is 0 Å². The second-order valence-electron chi connectivity index (χ2n) is 2.68. The van der Waals surface area contributed by atoms with Crippen LogP contribution in [-0.4, -0.2) is 12.6 Å². The van der Waals surface area contributed by atoms with Crippen LogP contribution in [0.25, 0.3) is 0 Å². The van der Waals surface area contributed by atoms with Gasteiger partial charge in [0.2, 0.25) is 0 Å². The van der Waals surface area contributed by atoms with Gasteiger partial charge in [-0.3, -0.25) is 0 Å². The third-order valence-corrected chi connectivity index (χ3v) is 1.61. The highest BCUT2D eigenvalue weighted by atomic mass is 19.1. The van der Waals surface area contributed by atoms with Crippen LogP contribution in [0.1, 0.15) is 17.3 Å². The van der Waals surface area contributed by atoms with Gasteiger partial charge < -0.3 is 4.74 Å². The van der Waals surface area contributed by atoms with Gasteiger partial charge in [-0.25, -0.2) is 9.18 Å². The van der Waals surface area contributed by atoms with Gasteiger partial charge in [-0.15, -0.1) is 0 Å². The number of hydrogen-bond acceptors (Lipinski definition) is 2. The fourth-order valence-electron chi connectivity index (χ4n) is 0.919. The predicted molar refractivity (Wildman–Crippen MR) is 51.5 cm³/mol. The van der Waals surface area contributed by atoms with Crippen molar-refractivity contribution in [2.75, 3.05) is 6.61 Å². The lowest BCUT2D eigenvalue weighted by Gasteiger charge is -2.01. The molecule has 1 rings (SSSR count). The minimum absolute atomic E-state index is 0.214. The van der Waals surface area contributed by atoms with Crippen molar-refractivity contribution in [3.8, 4) is 0 Å². The molecule has 3 heteroatoms. The van der Waals surface area contributed by atoms with E-state index in [2.05, 4.69) is 0 Å². The minimum atomic E-state index is -0.511. The Morgan fingerprint density at radius 2 is 2.36 bits per heavy atom. The van der Waals surface area contributed by atoms with E-state index in [0.717, 1.165) is 6.07 Å². The van der Waals surface area contributed by atoms with Crippen molar-refractivity contribution in [2.45, 2.75) is 6.92 Å². The summed E-state index contributed by atoms with van der Waals surface area (Å²) in [6.45, 7) is 2.04. The number of ether oxygens (including phenoxy) is 1. The Bertz CT molecular complexity index is 345. The van der Waals surface area contributed by atoms with E-state index >= 15 is 0 Å². The van der Waals surface area contributed by atoms with Gasteiger partial charge in [-0.1, -0.05) is 18.2 Å². The molecule has 0 saturated heterocycles. The molecule has 74 valence electrons. The van der Waals surface area contributed by atoms with Crippen molar-refractivity contribution in [1.82, 2.24) is 0 Å². The zero-order chi connectivity index (χ0) is 10.4. The monoisotopic (exact) mass is 194 g/mol. The lowest BCUT2D eigenvalue weighted by Crippen LogP contribution is -2.05. The second-order valence-corrected chi connectivity index (χ2v) is 2.68. The Morgan fingerprint density at radius 3 is 3.00 bits per heavy atom. The summed E-state index contributed by atoms with van der Waals surface area (Å²) in [7, 11) is 0. The first-order valence-electron chi connectivity index (χ1n) is 4.28. The zero-order valence-corrected chi connectivity index (χ0v) is 7.87. The number of carbonyl (C=O) groups excluding carboxylic acids is 1. The molecule has 0 spiro atoms. The molecule has 0 aromatic heterocycles. The SMILES string of the molecule is CC=CCOC(=O)c1cccc(F)c1. The second kappa shape index (κ2) is 5.17. The molecule has 0 atom stereocenters. The lowest BCUT2D eigenvalue weighted by molar-refractivity contribution is 0.0549. The van der Waals surface area contributed by atoms with Crippen molar-refractivity contribution in [3.63, 3.8) is 0 Å². The molecule has 0 bridgehead atoms. The summed E-state index contributed by atoms with van der Waals surface area (Å²) in [5.41, 5.74) is 0.231. The number of hydrogen-bond donors (Lipinski definition) is 0. The highest BCUT2D eigenvalue weighted by molar-refractivity contribution is 5.89. The summed E-state index contributed by atoms with van der Waals surface area (Å²) in [6, 6.07) is 5.42. The maximum Gasteiger partial charge on any atom is 0.338 e. The number of benzene rings is 1. The van der Waals surface area contributed by atoms with Gasteiger partial charge in [0, 0.05) is 0 Å². The summed E-state index contributed by atoms with van der Waals surface area (Å²) < 4.78 is 17.5. The van der Waals surface area contributed by atoms with Crippen molar-refractivity contribution in [2.24, 2.45) is 0 Å². The lowest BCUT2D eigenvalue weighted by atomic mass is 10.2. The number of esters is 1. The van der Waals surface area contributed by atoms with Gasteiger partial charge in [0.1, 0.15) is 12.4 Å². The normalized spacial score (nSPS) is 10.4. The maximum absolute atomic E-state index is 12.7. The van der Waals surface area contributed by atoms with Crippen LogP contribution in [0.2, 0.25) is 0 Å². The van der Waals surface area contributed by atoms with E-state index in [4.69, 9.17) is 4.74 Å². The summed E-state index contributed by atoms with van der Waals surface area (Å²) >= 11 is 0. The van der Waals surface area contributed by atoms with E-state index in [9.17, 15) is 9.18 Å². The van der Waals surface area contributed by atoms with Crippen molar-refractivity contribution in [3.05, 3.63) is 47.8 Å². The first-order valence-corrected chi connectivity index (χ1v) is 4.28. The molecule has 0 heterocycles. The molecule has 0 amide bonds. The van der Waals surface area contributed by atoms with Crippen LogP contribution in [0.3, 0.4) is 0 Å². The van der Waals surface area contributed by atoms with Crippen molar-refractivity contribution < 1.29 is 13.9 Å². The summed E-state index contributed by atoms with van der Waals surface area (Å²) in [5, 5.41) is 0. The summed E-state index contributed by atoms with van der Waals surface area (Å²) in [5.74, 6) is -0.951. The van der Waals surface area contributed by atoms with E-state index in [1.165, 1.54) is 18.2 Å². The molecule has 14 heavy (non-hydrogen) atoms. The Labute approximate surface area is 82.0 Å². The molecule has 1 aromatic carbocycles. The van der Waals surface area contributed by atoms with Crippen LogP contribution in [0.5, 0.6) is 0 Å². The van der Waals surface area contributed by atoms with Gasteiger partial charge in [0.05, 0.1) is 5.56 Å². The largest absolute Gasteiger partial charge is 0.458 e. The van der Waals surface area contributed by atoms with Gasteiger partial charge in [-0.05, 0) is 25.1 Å². The number of carbonyl (C=O) groups is 1. The molecule has 0 aliphatic heterocycles. The Morgan fingerprint density at radius 1 is 1.57 bits per heavy atom. The van der Waals surface area contributed by atoms with Crippen molar-refractivity contribution >= 4 is 5.97 Å². The molecular formula is C11H11FO2. The molecule has 0 fully saturated rings. The minimum Gasteiger partial charge on any atom is -0.458 e. The third kappa shape index (κ3) is 3.01. The van der Waals surface area contributed by atoms with Crippen LogP contribution in [0.4, 0.5) is 4.39 Å². The zero-order valence-electron chi connectivity index (χ0n) is 7.87. The number of halogens is 1. The van der Waals surface area contributed by atoms with Gasteiger partial charge in [-0.2, -0.15) is 0 Å². The Kier molecular flexibility index (Phi) is 3.85. The molecule has 1 aromatic rings. The summed E-state index contributed by atoms with van der Waals surface area (Å²) in [4.78, 5) is 11.2. The predicted octanol–water partition coefficient (Wildman–Crippen LogP) is 2.56. The van der Waals surface area contributed by atoms with E-state index in [1.54, 1.807) is 12.2 Å². The standard InChI is InChI=1S/C11H11FO2/c1-2-3-7-14-11(13)9-5-4-6-10(12)8-9/h2-6,8H,7H2,1H3. The van der Waals surface area contributed by atoms with Crippen LogP contribution < -0.4 is 0 Å². The molecule has 0 N–H and O–H groups in total. The number of rotatable bonds is 3. The van der Waals surface area contributed by atoms with E-state index < -0.39 is 11.8 Å². The van der Waals surface area contributed by atoms with Gasteiger partial charge in [0.25, 0.3) is 0 Å². The highest BCUT2D eigenvalue weighted by Gasteiger charge is 2.06. The molecule has 0 saturated carbocycles. The van der Waals surface area contributed by atoms with E-state index in [-0.39, 0.29) is 12.2 Å². The van der Waals surface area contributed by atoms with Gasteiger partial charge in [0.15, 0.2) is 0 Å². The molecule has 0 aliphatic carbocycles. The van der Waals surface area contributed by atoms with Crippen LogP contribution in [0.15, 0.2) is 36.4 Å². The third-order valence-electron chi connectivity index (χ3n) is 1.61.